The summed E-state index contributed by atoms with van der Waals surface area (Å²) < 4.78 is 9.08. The van der Waals surface area contributed by atoms with Crippen LogP contribution in [-0.2, 0) is 6.42 Å². The van der Waals surface area contributed by atoms with E-state index in [4.69, 9.17) is 19.4 Å². The standard InChI is InChI=1S/C57H35N3OS/c1-2-14-34(15-3-1)55-58-56(60-57(59-55)47-25-12-24-45-43-21-10-11-26-50(43)61-54(45)47)46-22-9-8-20-41(46)44-23-13-27-52-53(44)49-33-36(29-31-51(49)62-52)35-28-30-42-39-18-5-4-16-37(39)38-17-6-7-19-40(38)48(42)32-35/h1-10,12-25,27-33H,11,26H2. The second-order valence-corrected chi connectivity index (χ2v) is 17.2. The van der Waals surface area contributed by atoms with Gasteiger partial charge in [-0.15, -0.1) is 11.3 Å². The molecule has 13 rings (SSSR count). The fourth-order valence-electron chi connectivity index (χ4n) is 9.71. The quantitative estimate of drug-likeness (QED) is 0.163. The minimum atomic E-state index is 0.587. The Morgan fingerprint density at radius 2 is 0.984 bits per heavy atom. The van der Waals surface area contributed by atoms with E-state index in [0.29, 0.717) is 17.5 Å². The zero-order valence-electron chi connectivity index (χ0n) is 33.5. The van der Waals surface area contributed by atoms with Crippen molar-refractivity contribution >= 4 is 80.9 Å². The first-order valence-electron chi connectivity index (χ1n) is 21.1. The Morgan fingerprint density at radius 3 is 1.77 bits per heavy atom. The number of fused-ring (bicyclic) bond motifs is 12. The molecule has 5 heteroatoms. The van der Waals surface area contributed by atoms with E-state index in [1.165, 1.54) is 63.6 Å². The second kappa shape index (κ2) is 13.9. The number of hydrogen-bond acceptors (Lipinski definition) is 5. The molecule has 290 valence electrons. The lowest BCUT2D eigenvalue weighted by Crippen LogP contribution is -2.01. The van der Waals surface area contributed by atoms with Crippen LogP contribution in [-0.4, -0.2) is 15.0 Å². The van der Waals surface area contributed by atoms with Crippen LogP contribution in [0.15, 0.2) is 186 Å². The maximum atomic E-state index is 6.59. The summed E-state index contributed by atoms with van der Waals surface area (Å²) in [5.74, 6) is 2.84. The summed E-state index contributed by atoms with van der Waals surface area (Å²) in [6, 6.07) is 63.1. The van der Waals surface area contributed by atoms with Crippen LogP contribution >= 0.6 is 11.3 Å². The van der Waals surface area contributed by atoms with Gasteiger partial charge in [-0.1, -0.05) is 158 Å². The topological polar surface area (TPSA) is 51.8 Å². The van der Waals surface area contributed by atoms with Gasteiger partial charge in [0.05, 0.1) is 5.56 Å². The maximum absolute atomic E-state index is 6.59. The van der Waals surface area contributed by atoms with Gasteiger partial charge in [0.2, 0.25) is 0 Å². The van der Waals surface area contributed by atoms with E-state index >= 15 is 0 Å². The number of nitrogens with zero attached hydrogens (tertiary/aromatic N) is 3. The zero-order chi connectivity index (χ0) is 40.7. The molecular weight excluding hydrogens is 775 g/mol. The van der Waals surface area contributed by atoms with Gasteiger partial charge in [-0.25, -0.2) is 15.0 Å². The zero-order valence-corrected chi connectivity index (χ0v) is 34.3. The first kappa shape index (κ1) is 35.1. The predicted octanol–water partition coefficient (Wildman–Crippen LogP) is 15.7. The van der Waals surface area contributed by atoms with Crippen LogP contribution in [0.2, 0.25) is 0 Å². The van der Waals surface area contributed by atoms with Gasteiger partial charge < -0.3 is 4.42 Å². The lowest BCUT2D eigenvalue weighted by Gasteiger charge is -2.13. The molecule has 0 radical (unpaired) electrons. The Labute approximate surface area is 361 Å². The number of aromatic nitrogens is 3. The molecule has 0 bridgehead atoms. The van der Waals surface area contributed by atoms with E-state index in [-0.39, 0.29) is 0 Å². The highest BCUT2D eigenvalue weighted by molar-refractivity contribution is 7.26. The molecule has 0 amide bonds. The first-order valence-corrected chi connectivity index (χ1v) is 22.0. The number of thiophene rings is 1. The molecule has 0 saturated heterocycles. The smallest absolute Gasteiger partial charge is 0.167 e. The van der Waals surface area contributed by atoms with E-state index in [9.17, 15) is 0 Å². The fraction of sp³-hybridized carbons (Fsp3) is 0.0351. The predicted molar refractivity (Wildman–Crippen MR) is 260 cm³/mol. The number of benzene rings is 9. The summed E-state index contributed by atoms with van der Waals surface area (Å²) in [5.41, 5.74) is 9.30. The molecule has 0 spiro atoms. The van der Waals surface area contributed by atoms with Crippen LogP contribution in [0.3, 0.4) is 0 Å². The summed E-state index contributed by atoms with van der Waals surface area (Å²) >= 11 is 1.84. The minimum Gasteiger partial charge on any atom is -0.460 e. The largest absolute Gasteiger partial charge is 0.460 e. The molecule has 12 aromatic rings. The highest BCUT2D eigenvalue weighted by Crippen LogP contribution is 2.45. The Kier molecular flexibility index (Phi) is 7.87. The van der Waals surface area contributed by atoms with Gasteiger partial charge in [-0.05, 0) is 91.3 Å². The van der Waals surface area contributed by atoms with E-state index < -0.39 is 0 Å². The number of aryl methyl sites for hydroxylation is 1. The van der Waals surface area contributed by atoms with E-state index in [2.05, 4.69) is 170 Å². The molecule has 0 saturated carbocycles. The van der Waals surface area contributed by atoms with Crippen molar-refractivity contribution in [2.24, 2.45) is 0 Å². The van der Waals surface area contributed by atoms with Gasteiger partial charge >= 0.3 is 0 Å². The summed E-state index contributed by atoms with van der Waals surface area (Å²) in [7, 11) is 0. The summed E-state index contributed by atoms with van der Waals surface area (Å²) in [6.07, 6.45) is 6.26. The van der Waals surface area contributed by atoms with Crippen LogP contribution in [0.25, 0.3) is 126 Å². The average Bonchev–Trinajstić information content (AvgIpc) is 3.92. The number of hydrogen-bond donors (Lipinski definition) is 0. The molecule has 3 aromatic heterocycles. The highest BCUT2D eigenvalue weighted by atomic mass is 32.1. The molecule has 0 fully saturated rings. The number of furan rings is 1. The van der Waals surface area contributed by atoms with Crippen molar-refractivity contribution in [1.29, 1.82) is 0 Å². The maximum Gasteiger partial charge on any atom is 0.167 e. The molecule has 9 aromatic carbocycles. The van der Waals surface area contributed by atoms with Crippen LogP contribution < -0.4 is 0 Å². The summed E-state index contributed by atoms with van der Waals surface area (Å²) in [6.45, 7) is 0. The van der Waals surface area contributed by atoms with Crippen molar-refractivity contribution in [3.63, 3.8) is 0 Å². The van der Waals surface area contributed by atoms with Gasteiger partial charge in [0.25, 0.3) is 0 Å². The van der Waals surface area contributed by atoms with Crippen molar-refractivity contribution in [3.05, 3.63) is 193 Å². The van der Waals surface area contributed by atoms with Gasteiger partial charge in [-0.2, -0.15) is 0 Å². The molecule has 4 nitrogen and oxygen atoms in total. The SMILES string of the molecule is C1=Cc2c(oc3c(-c4nc(-c5ccccc5)nc(-c5ccccc5-c5cccc6sc7ccc(-c8ccc9c%10ccccc%10c%10ccccc%10c9c8)cc7c56)n4)cccc23)CC1. The van der Waals surface area contributed by atoms with Crippen molar-refractivity contribution in [3.8, 4) is 56.4 Å². The minimum absolute atomic E-state index is 0.587. The third kappa shape index (κ3) is 5.49. The lowest BCUT2D eigenvalue weighted by molar-refractivity contribution is 0.547. The van der Waals surface area contributed by atoms with Crippen LogP contribution in [0, 0.1) is 0 Å². The van der Waals surface area contributed by atoms with E-state index in [1.54, 1.807) is 0 Å². The molecule has 3 heterocycles. The summed E-state index contributed by atoms with van der Waals surface area (Å²) in [4.78, 5) is 15.6. The Morgan fingerprint density at radius 1 is 0.403 bits per heavy atom. The fourth-order valence-corrected chi connectivity index (χ4v) is 10.8. The Bertz CT molecular complexity index is 3790. The molecule has 0 atom stereocenters. The molecule has 1 aliphatic rings. The van der Waals surface area contributed by atoms with Gasteiger partial charge in [0.15, 0.2) is 17.5 Å². The van der Waals surface area contributed by atoms with Crippen LogP contribution in [0.4, 0.5) is 0 Å². The monoisotopic (exact) mass is 809 g/mol. The third-order valence-corrected chi connectivity index (χ3v) is 13.7. The Balaban J connectivity index is 0.993. The average molecular weight is 810 g/mol. The van der Waals surface area contributed by atoms with Crippen molar-refractivity contribution < 1.29 is 4.42 Å². The number of allylic oxidation sites excluding steroid dienone is 1. The van der Waals surface area contributed by atoms with Crippen LogP contribution in [0.1, 0.15) is 17.7 Å². The van der Waals surface area contributed by atoms with E-state index in [0.717, 1.165) is 63.0 Å². The molecule has 1 aliphatic carbocycles. The molecule has 0 unspecified atom stereocenters. The van der Waals surface area contributed by atoms with E-state index in [1.807, 2.05) is 29.5 Å². The highest BCUT2D eigenvalue weighted by Gasteiger charge is 2.22. The van der Waals surface area contributed by atoms with Crippen molar-refractivity contribution in [2.45, 2.75) is 12.8 Å². The van der Waals surface area contributed by atoms with Gasteiger partial charge in [0, 0.05) is 48.7 Å². The van der Waals surface area contributed by atoms with Crippen LogP contribution in [0.5, 0.6) is 0 Å². The van der Waals surface area contributed by atoms with Crippen molar-refractivity contribution in [2.75, 3.05) is 0 Å². The number of para-hydroxylation sites is 1. The number of rotatable bonds is 5. The van der Waals surface area contributed by atoms with Gasteiger partial charge in [0.1, 0.15) is 11.3 Å². The molecule has 62 heavy (non-hydrogen) atoms. The molecule has 0 aliphatic heterocycles. The molecular formula is C57H35N3OS. The summed E-state index contributed by atoms with van der Waals surface area (Å²) in [5, 5.41) is 11.2. The Hall–Kier alpha value is -7.73. The molecule has 0 N–H and O–H groups in total. The van der Waals surface area contributed by atoms with Crippen molar-refractivity contribution in [1.82, 2.24) is 15.0 Å². The third-order valence-electron chi connectivity index (χ3n) is 12.6. The first-order chi connectivity index (χ1) is 30.7. The normalized spacial score (nSPS) is 12.6. The second-order valence-electron chi connectivity index (χ2n) is 16.1. The lowest BCUT2D eigenvalue weighted by atomic mass is 9.91. The van der Waals surface area contributed by atoms with Gasteiger partial charge in [-0.3, -0.25) is 0 Å².